The maximum absolute atomic E-state index is 12.2. The van der Waals surface area contributed by atoms with E-state index in [1.807, 2.05) is 25.8 Å². The van der Waals surface area contributed by atoms with Gasteiger partial charge in [-0.2, -0.15) is 0 Å². The van der Waals surface area contributed by atoms with Gasteiger partial charge in [-0.1, -0.05) is 0 Å². The highest BCUT2D eigenvalue weighted by atomic mass is 16.5. The molecule has 1 atom stereocenters. The van der Waals surface area contributed by atoms with Gasteiger partial charge in [0.2, 0.25) is 0 Å². The van der Waals surface area contributed by atoms with E-state index in [-0.39, 0.29) is 5.91 Å². The summed E-state index contributed by atoms with van der Waals surface area (Å²) in [7, 11) is 3.55. The predicted octanol–water partition coefficient (Wildman–Crippen LogP) is 0.869. The van der Waals surface area contributed by atoms with Crippen LogP contribution >= 0.6 is 0 Å². The minimum Gasteiger partial charge on any atom is -0.369 e. The van der Waals surface area contributed by atoms with Gasteiger partial charge >= 0.3 is 0 Å². The van der Waals surface area contributed by atoms with Crippen LogP contribution < -0.4 is 5.32 Å². The molecule has 1 rings (SSSR count). The van der Waals surface area contributed by atoms with Gasteiger partial charge in [-0.3, -0.25) is 4.79 Å². The molecule has 0 radical (unpaired) electrons. The van der Waals surface area contributed by atoms with E-state index in [0.717, 1.165) is 26.1 Å². The van der Waals surface area contributed by atoms with Gasteiger partial charge in [0.1, 0.15) is 5.60 Å². The van der Waals surface area contributed by atoms with Crippen LogP contribution in [0.4, 0.5) is 0 Å². The lowest BCUT2D eigenvalue weighted by atomic mass is 9.96. The molecule has 4 nitrogen and oxygen atoms in total. The van der Waals surface area contributed by atoms with Crippen LogP contribution in [-0.4, -0.2) is 50.2 Å². The molecule has 94 valence electrons. The molecule has 0 aromatic carbocycles. The van der Waals surface area contributed by atoms with Crippen molar-refractivity contribution in [3.8, 4) is 0 Å². The molecule has 1 heterocycles. The number of carbonyl (C=O) groups is 1. The van der Waals surface area contributed by atoms with Gasteiger partial charge in [0, 0.05) is 20.2 Å². The lowest BCUT2D eigenvalue weighted by Gasteiger charge is -2.37. The van der Waals surface area contributed by atoms with Crippen LogP contribution in [0.25, 0.3) is 0 Å². The maximum atomic E-state index is 12.2. The van der Waals surface area contributed by atoms with Crippen LogP contribution in [0.5, 0.6) is 0 Å². The molecule has 1 aliphatic heterocycles. The number of likely N-dealkylation sites (tertiary alicyclic amines) is 1. The second kappa shape index (κ2) is 5.64. The summed E-state index contributed by atoms with van der Waals surface area (Å²) in [6, 6.07) is 0. The summed E-state index contributed by atoms with van der Waals surface area (Å²) in [5, 5.41) is 3.18. The van der Waals surface area contributed by atoms with Crippen molar-refractivity contribution in [2.45, 2.75) is 32.3 Å². The quantitative estimate of drug-likeness (QED) is 0.776. The maximum Gasteiger partial charge on any atom is 0.254 e. The minimum atomic E-state index is -0.693. The van der Waals surface area contributed by atoms with E-state index >= 15 is 0 Å². The van der Waals surface area contributed by atoms with Crippen LogP contribution in [0.3, 0.4) is 0 Å². The van der Waals surface area contributed by atoms with E-state index in [0.29, 0.717) is 5.92 Å². The van der Waals surface area contributed by atoms with Gasteiger partial charge < -0.3 is 15.0 Å². The number of hydrogen-bond donors (Lipinski definition) is 1. The molecule has 1 aliphatic rings. The number of methoxy groups -OCH3 is 1. The van der Waals surface area contributed by atoms with Gasteiger partial charge in [-0.15, -0.1) is 0 Å². The van der Waals surface area contributed by atoms with E-state index < -0.39 is 5.60 Å². The van der Waals surface area contributed by atoms with Crippen molar-refractivity contribution >= 4 is 5.91 Å². The molecule has 0 aromatic rings. The Kier molecular flexibility index (Phi) is 4.74. The van der Waals surface area contributed by atoms with Crippen LogP contribution in [0, 0.1) is 5.92 Å². The zero-order chi connectivity index (χ0) is 12.2. The number of carbonyl (C=O) groups excluding carboxylic acids is 1. The predicted molar refractivity (Wildman–Crippen MR) is 64.3 cm³/mol. The molecule has 0 aliphatic carbocycles. The fraction of sp³-hybridized carbons (Fsp3) is 0.917. The average molecular weight is 228 g/mol. The SMILES string of the molecule is CNCC1CCCN(C(=O)C(C)(C)OC)C1. The first-order chi connectivity index (χ1) is 7.51. The van der Waals surface area contributed by atoms with Crippen molar-refractivity contribution in [2.75, 3.05) is 33.8 Å². The molecule has 16 heavy (non-hydrogen) atoms. The highest BCUT2D eigenvalue weighted by molar-refractivity contribution is 5.84. The van der Waals surface area contributed by atoms with Crippen molar-refractivity contribution in [1.29, 1.82) is 0 Å². The molecule has 1 N–H and O–H groups in total. The van der Waals surface area contributed by atoms with E-state index in [1.165, 1.54) is 6.42 Å². The molecular formula is C12H24N2O2. The number of rotatable bonds is 4. The summed E-state index contributed by atoms with van der Waals surface area (Å²) in [6.45, 7) is 6.36. The van der Waals surface area contributed by atoms with Gasteiger partial charge in [0.15, 0.2) is 0 Å². The second-order valence-electron chi connectivity index (χ2n) is 5.03. The number of piperidine rings is 1. The van der Waals surface area contributed by atoms with Gasteiger partial charge in [-0.25, -0.2) is 0 Å². The first-order valence-corrected chi connectivity index (χ1v) is 6.00. The Morgan fingerprint density at radius 3 is 2.81 bits per heavy atom. The molecular weight excluding hydrogens is 204 g/mol. The summed E-state index contributed by atoms with van der Waals surface area (Å²) in [4.78, 5) is 14.1. The fourth-order valence-electron chi connectivity index (χ4n) is 2.17. The number of ether oxygens (including phenoxy) is 1. The number of hydrogen-bond acceptors (Lipinski definition) is 3. The second-order valence-corrected chi connectivity index (χ2v) is 5.03. The monoisotopic (exact) mass is 228 g/mol. The molecule has 1 fully saturated rings. The van der Waals surface area contributed by atoms with Crippen molar-refractivity contribution < 1.29 is 9.53 Å². The standard InChI is InChI=1S/C12H24N2O2/c1-12(2,16-4)11(15)14-7-5-6-10(9-14)8-13-3/h10,13H,5-9H2,1-4H3. The number of nitrogens with zero attached hydrogens (tertiary/aromatic N) is 1. The molecule has 1 unspecified atom stereocenters. The van der Waals surface area contributed by atoms with E-state index in [4.69, 9.17) is 4.74 Å². The molecule has 4 heteroatoms. The molecule has 0 spiro atoms. The van der Waals surface area contributed by atoms with Crippen molar-refractivity contribution in [3.63, 3.8) is 0 Å². The fourth-order valence-corrected chi connectivity index (χ4v) is 2.17. The van der Waals surface area contributed by atoms with E-state index in [1.54, 1.807) is 7.11 Å². The highest BCUT2D eigenvalue weighted by Crippen LogP contribution is 2.20. The van der Waals surface area contributed by atoms with Crippen molar-refractivity contribution in [1.82, 2.24) is 10.2 Å². The molecule has 1 saturated heterocycles. The molecule has 0 saturated carbocycles. The van der Waals surface area contributed by atoms with Crippen LogP contribution in [0.1, 0.15) is 26.7 Å². The average Bonchev–Trinajstić information content (AvgIpc) is 2.29. The zero-order valence-electron chi connectivity index (χ0n) is 10.9. The van der Waals surface area contributed by atoms with Gasteiger partial charge in [0.05, 0.1) is 0 Å². The Bertz CT molecular complexity index is 239. The van der Waals surface area contributed by atoms with Crippen LogP contribution in [0.15, 0.2) is 0 Å². The Labute approximate surface area is 98.3 Å². The van der Waals surface area contributed by atoms with Crippen molar-refractivity contribution in [2.24, 2.45) is 5.92 Å². The number of amides is 1. The van der Waals surface area contributed by atoms with E-state index in [2.05, 4.69) is 5.32 Å². The van der Waals surface area contributed by atoms with Crippen molar-refractivity contribution in [3.05, 3.63) is 0 Å². The summed E-state index contributed by atoms with van der Waals surface area (Å²) < 4.78 is 5.24. The Morgan fingerprint density at radius 1 is 1.56 bits per heavy atom. The normalized spacial score (nSPS) is 22.2. The summed E-state index contributed by atoms with van der Waals surface area (Å²) >= 11 is 0. The van der Waals surface area contributed by atoms with Crippen LogP contribution in [-0.2, 0) is 9.53 Å². The lowest BCUT2D eigenvalue weighted by Crippen LogP contribution is -2.51. The van der Waals surface area contributed by atoms with E-state index in [9.17, 15) is 4.79 Å². The van der Waals surface area contributed by atoms with Gasteiger partial charge in [0.25, 0.3) is 5.91 Å². The summed E-state index contributed by atoms with van der Waals surface area (Å²) in [6.07, 6.45) is 2.30. The molecule has 0 aromatic heterocycles. The number of nitrogens with one attached hydrogen (secondary N) is 1. The first kappa shape index (κ1) is 13.5. The third-order valence-electron chi connectivity index (χ3n) is 3.32. The van der Waals surface area contributed by atoms with Gasteiger partial charge in [-0.05, 0) is 46.2 Å². The summed E-state index contributed by atoms with van der Waals surface area (Å²) in [5.74, 6) is 0.686. The topological polar surface area (TPSA) is 41.6 Å². The summed E-state index contributed by atoms with van der Waals surface area (Å²) in [5.41, 5.74) is -0.693. The third-order valence-corrected chi connectivity index (χ3v) is 3.32. The first-order valence-electron chi connectivity index (χ1n) is 6.00. The smallest absolute Gasteiger partial charge is 0.254 e. The zero-order valence-corrected chi connectivity index (χ0v) is 10.9. The largest absolute Gasteiger partial charge is 0.369 e. The Morgan fingerprint density at radius 2 is 2.25 bits per heavy atom. The third kappa shape index (κ3) is 3.19. The highest BCUT2D eigenvalue weighted by Gasteiger charge is 2.34. The lowest BCUT2D eigenvalue weighted by molar-refractivity contribution is -0.152. The Balaban J connectivity index is 2.56. The minimum absolute atomic E-state index is 0.107. The Hall–Kier alpha value is -0.610. The molecule has 1 amide bonds. The molecule has 0 bridgehead atoms. The van der Waals surface area contributed by atoms with Crippen LogP contribution in [0.2, 0.25) is 0 Å².